The molecule has 0 radical (unpaired) electrons. The minimum atomic E-state index is -4.63. The van der Waals surface area contributed by atoms with E-state index in [0.29, 0.717) is 0 Å². The fraction of sp³-hybridized carbons (Fsp3) is 0.368. The summed E-state index contributed by atoms with van der Waals surface area (Å²) < 4.78 is 38.9. The van der Waals surface area contributed by atoms with E-state index in [4.69, 9.17) is 0 Å². The van der Waals surface area contributed by atoms with Crippen molar-refractivity contribution in [3.8, 4) is 0 Å². The van der Waals surface area contributed by atoms with Crippen LogP contribution in [0, 0.1) is 5.92 Å². The molecule has 2 aromatic rings. The van der Waals surface area contributed by atoms with Crippen molar-refractivity contribution in [2.24, 2.45) is 5.92 Å². The molecule has 2 N–H and O–H groups in total. The zero-order chi connectivity index (χ0) is 20.9. The number of nitrogens with one attached hydrogen (secondary N) is 2. The lowest BCUT2D eigenvalue weighted by Crippen LogP contribution is -2.42. The van der Waals surface area contributed by atoms with Crippen LogP contribution in [0.15, 0.2) is 42.9 Å². The van der Waals surface area contributed by atoms with Crippen LogP contribution >= 0.6 is 0 Å². The number of halogens is 3. The van der Waals surface area contributed by atoms with E-state index < -0.39 is 29.2 Å². The van der Waals surface area contributed by atoms with Gasteiger partial charge in [0.05, 0.1) is 17.4 Å². The minimum absolute atomic E-state index is 0.169. The van der Waals surface area contributed by atoms with Gasteiger partial charge < -0.3 is 15.5 Å². The third kappa shape index (κ3) is 5.43. The van der Waals surface area contributed by atoms with E-state index in [1.165, 1.54) is 12.1 Å². The Hall–Kier alpha value is -3.17. The minimum Gasteiger partial charge on any atom is -0.355 e. The number of anilines is 2. The Balaban J connectivity index is 1.47. The van der Waals surface area contributed by atoms with Crippen molar-refractivity contribution in [3.63, 3.8) is 0 Å². The maximum atomic E-state index is 13.0. The quantitative estimate of drug-likeness (QED) is 0.761. The number of hydrogen-bond acceptors (Lipinski definition) is 5. The van der Waals surface area contributed by atoms with Crippen LogP contribution in [0.4, 0.5) is 24.7 Å². The molecule has 0 unspecified atom stereocenters. The first-order valence-electron chi connectivity index (χ1n) is 9.11. The van der Waals surface area contributed by atoms with E-state index in [1.807, 2.05) is 5.32 Å². The third-order valence-electron chi connectivity index (χ3n) is 4.73. The predicted molar refractivity (Wildman–Crippen MR) is 100 cm³/mol. The summed E-state index contributed by atoms with van der Waals surface area (Å²) in [7, 11) is 0. The zero-order valence-electron chi connectivity index (χ0n) is 15.4. The molecule has 0 saturated carbocycles. The van der Waals surface area contributed by atoms with Crippen molar-refractivity contribution in [3.05, 3.63) is 48.4 Å². The molecule has 1 fully saturated rings. The van der Waals surface area contributed by atoms with Crippen molar-refractivity contribution >= 4 is 23.3 Å². The van der Waals surface area contributed by atoms with E-state index in [2.05, 4.69) is 20.2 Å². The Morgan fingerprint density at radius 2 is 1.83 bits per heavy atom. The normalized spacial score (nSPS) is 15.1. The van der Waals surface area contributed by atoms with Crippen LogP contribution in [0.2, 0.25) is 0 Å². The van der Waals surface area contributed by atoms with Crippen LogP contribution in [0.25, 0.3) is 0 Å². The first kappa shape index (κ1) is 20.6. The van der Waals surface area contributed by atoms with Gasteiger partial charge in [0.15, 0.2) is 0 Å². The van der Waals surface area contributed by atoms with Gasteiger partial charge in [-0.1, -0.05) is 12.1 Å². The molecule has 1 saturated heterocycles. The Morgan fingerprint density at radius 3 is 2.48 bits per heavy atom. The second-order valence-electron chi connectivity index (χ2n) is 6.70. The number of carbonyl (C=O) groups is 2. The maximum Gasteiger partial charge on any atom is 0.418 e. The van der Waals surface area contributed by atoms with Gasteiger partial charge in [-0.3, -0.25) is 14.6 Å². The molecule has 10 heteroatoms. The molecule has 3 rings (SSSR count). The topological polar surface area (TPSA) is 87.2 Å². The van der Waals surface area contributed by atoms with Crippen molar-refractivity contribution in [1.82, 2.24) is 15.3 Å². The first-order chi connectivity index (χ1) is 13.8. The van der Waals surface area contributed by atoms with Gasteiger partial charge in [0.2, 0.25) is 0 Å². The molecular weight excluding hydrogens is 387 g/mol. The molecule has 2 amide bonds. The summed E-state index contributed by atoms with van der Waals surface area (Å²) in [5.41, 5.74) is -1.45. The van der Waals surface area contributed by atoms with Gasteiger partial charge in [0.1, 0.15) is 5.82 Å². The summed E-state index contributed by atoms with van der Waals surface area (Å²) in [6.45, 7) is 1.76. The Labute approximate surface area is 165 Å². The molecule has 0 atom stereocenters. The van der Waals surface area contributed by atoms with Crippen LogP contribution in [0.3, 0.4) is 0 Å². The monoisotopic (exact) mass is 407 g/mol. The summed E-state index contributed by atoms with van der Waals surface area (Å²) in [4.78, 5) is 34.4. The lowest BCUT2D eigenvalue weighted by molar-refractivity contribution is -0.138. The number of para-hydroxylation sites is 1. The average molecular weight is 407 g/mol. The summed E-state index contributed by atoms with van der Waals surface area (Å²) in [5, 5.41) is 4.55. The van der Waals surface area contributed by atoms with E-state index in [0.717, 1.165) is 43.9 Å². The van der Waals surface area contributed by atoms with Crippen molar-refractivity contribution in [2.45, 2.75) is 19.0 Å². The molecule has 1 aromatic carbocycles. The number of benzene rings is 1. The SMILES string of the molecule is O=C(NCC1CCN(c2cnccn2)CC1)C(=O)Nc1ccccc1C(F)(F)F. The summed E-state index contributed by atoms with van der Waals surface area (Å²) in [6, 6.07) is 4.52. The maximum absolute atomic E-state index is 13.0. The lowest BCUT2D eigenvalue weighted by atomic mass is 9.97. The van der Waals surface area contributed by atoms with Crippen molar-refractivity contribution in [1.29, 1.82) is 0 Å². The van der Waals surface area contributed by atoms with Gasteiger partial charge in [0, 0.05) is 32.0 Å². The molecule has 0 bridgehead atoms. The number of hydrogen-bond donors (Lipinski definition) is 2. The zero-order valence-corrected chi connectivity index (χ0v) is 15.4. The largest absolute Gasteiger partial charge is 0.418 e. The van der Waals surface area contributed by atoms with Gasteiger partial charge in [0.25, 0.3) is 0 Å². The predicted octanol–water partition coefficient (Wildman–Crippen LogP) is 2.47. The van der Waals surface area contributed by atoms with Gasteiger partial charge in [-0.2, -0.15) is 13.2 Å². The van der Waals surface area contributed by atoms with Gasteiger partial charge >= 0.3 is 18.0 Å². The molecule has 1 aliphatic heterocycles. The number of amides is 2. The fourth-order valence-electron chi connectivity index (χ4n) is 3.16. The smallest absolute Gasteiger partial charge is 0.355 e. The molecule has 154 valence electrons. The molecule has 1 aliphatic rings. The molecule has 1 aromatic heterocycles. The number of alkyl halides is 3. The number of carbonyl (C=O) groups excluding carboxylic acids is 2. The molecular formula is C19H20F3N5O2. The van der Waals surface area contributed by atoms with Crippen molar-refractivity contribution < 1.29 is 22.8 Å². The number of piperidine rings is 1. The average Bonchev–Trinajstić information content (AvgIpc) is 2.72. The van der Waals surface area contributed by atoms with Gasteiger partial charge in [-0.15, -0.1) is 0 Å². The highest BCUT2D eigenvalue weighted by Crippen LogP contribution is 2.34. The number of aromatic nitrogens is 2. The van der Waals surface area contributed by atoms with Crippen LogP contribution in [-0.4, -0.2) is 41.4 Å². The highest BCUT2D eigenvalue weighted by Gasteiger charge is 2.34. The lowest BCUT2D eigenvalue weighted by Gasteiger charge is -2.32. The van der Waals surface area contributed by atoms with Crippen LogP contribution < -0.4 is 15.5 Å². The number of rotatable bonds is 4. The Morgan fingerprint density at radius 1 is 1.10 bits per heavy atom. The van der Waals surface area contributed by atoms with Gasteiger partial charge in [-0.25, -0.2) is 4.98 Å². The molecule has 0 spiro atoms. The summed E-state index contributed by atoms with van der Waals surface area (Å²) in [5.74, 6) is -1.13. The van der Waals surface area contributed by atoms with Crippen LogP contribution in [0.1, 0.15) is 18.4 Å². The van der Waals surface area contributed by atoms with Crippen LogP contribution in [0.5, 0.6) is 0 Å². The van der Waals surface area contributed by atoms with E-state index >= 15 is 0 Å². The van der Waals surface area contributed by atoms with Crippen LogP contribution in [-0.2, 0) is 15.8 Å². The standard InChI is InChI=1S/C19H20F3N5O2/c20-19(21,22)14-3-1-2-4-15(14)26-18(29)17(28)25-11-13-5-9-27(10-6-13)16-12-23-7-8-24-16/h1-4,7-8,12-13H,5-6,9-11H2,(H,25,28)(H,26,29). The van der Waals surface area contributed by atoms with E-state index in [9.17, 15) is 22.8 Å². The molecule has 0 aliphatic carbocycles. The second-order valence-corrected chi connectivity index (χ2v) is 6.70. The van der Waals surface area contributed by atoms with Gasteiger partial charge in [-0.05, 0) is 30.9 Å². The molecule has 2 heterocycles. The third-order valence-corrected chi connectivity index (χ3v) is 4.73. The molecule has 7 nitrogen and oxygen atoms in total. The Bertz CT molecular complexity index is 852. The highest BCUT2D eigenvalue weighted by molar-refractivity contribution is 6.39. The summed E-state index contributed by atoms with van der Waals surface area (Å²) >= 11 is 0. The Kier molecular flexibility index (Phi) is 6.30. The molecule has 29 heavy (non-hydrogen) atoms. The highest BCUT2D eigenvalue weighted by atomic mass is 19.4. The summed E-state index contributed by atoms with van der Waals surface area (Å²) in [6.07, 6.45) is 1.86. The van der Waals surface area contributed by atoms with E-state index in [1.54, 1.807) is 18.6 Å². The first-order valence-corrected chi connectivity index (χ1v) is 9.11. The van der Waals surface area contributed by atoms with Crippen molar-refractivity contribution in [2.75, 3.05) is 29.9 Å². The van der Waals surface area contributed by atoms with E-state index in [-0.39, 0.29) is 12.5 Å². The number of nitrogens with zero attached hydrogens (tertiary/aromatic N) is 3. The fourth-order valence-corrected chi connectivity index (χ4v) is 3.16. The second kappa shape index (κ2) is 8.89.